The van der Waals surface area contributed by atoms with Gasteiger partial charge in [0.25, 0.3) is 0 Å². The number of hydrogen-bond donors (Lipinski definition) is 2. The van der Waals surface area contributed by atoms with Crippen LogP contribution in [0.15, 0.2) is 64.5 Å². The lowest BCUT2D eigenvalue weighted by atomic mass is 10.1. The molecule has 0 aliphatic heterocycles. The number of fused-ring (bicyclic) bond motifs is 1. The number of H-pyrrole nitrogens is 1. The molecule has 1 heterocycles. The van der Waals surface area contributed by atoms with Crippen LogP contribution in [0.1, 0.15) is 5.56 Å². The molecule has 2 aromatic carbocycles. The molecule has 0 aliphatic rings. The summed E-state index contributed by atoms with van der Waals surface area (Å²) in [7, 11) is -4.46. The third kappa shape index (κ3) is 4.06. The Morgan fingerprint density at radius 2 is 1.56 bits per heavy atom. The van der Waals surface area contributed by atoms with Crippen molar-refractivity contribution in [1.29, 1.82) is 0 Å². The maximum Gasteiger partial charge on any atom is 0.242 e. The van der Waals surface area contributed by atoms with Crippen molar-refractivity contribution in [3.05, 3.63) is 60.3 Å². The predicted molar refractivity (Wildman–Crippen MR) is 105 cm³/mol. The summed E-state index contributed by atoms with van der Waals surface area (Å²) >= 11 is 0. The fourth-order valence-corrected chi connectivity index (χ4v) is 4.68. The third-order valence-electron chi connectivity index (χ3n) is 4.27. The summed E-state index contributed by atoms with van der Waals surface area (Å²) in [5.41, 5.74) is 2.04. The second kappa shape index (κ2) is 7.43. The van der Waals surface area contributed by atoms with Crippen molar-refractivity contribution < 1.29 is 16.8 Å². The number of rotatable bonds is 7. The monoisotopic (exact) mass is 407 g/mol. The van der Waals surface area contributed by atoms with E-state index in [1.165, 1.54) is 38.4 Å². The lowest BCUT2D eigenvalue weighted by Gasteiger charge is -2.12. The number of sulfonamides is 2. The average molecular weight is 408 g/mol. The topological polar surface area (TPSA) is 99.3 Å². The molecule has 0 atom stereocenters. The molecule has 144 valence electrons. The Bertz CT molecular complexity index is 1150. The number of aromatic nitrogens is 1. The van der Waals surface area contributed by atoms with E-state index in [9.17, 15) is 16.8 Å². The van der Waals surface area contributed by atoms with Gasteiger partial charge in [0, 0.05) is 37.7 Å². The standard InChI is InChI=1S/C18H21N3O4S2/c1-21(2)27(24,25)16-9-7-15(8-10-16)26(22,23)20-12-11-14-13-19-18-6-4-3-5-17(14)18/h3-10,13,19-20H,11-12H2,1-2H3. The second-order valence-corrected chi connectivity index (χ2v) is 10.2. The Morgan fingerprint density at radius 1 is 0.926 bits per heavy atom. The minimum Gasteiger partial charge on any atom is -0.361 e. The van der Waals surface area contributed by atoms with Crippen LogP contribution in [0.3, 0.4) is 0 Å². The zero-order valence-corrected chi connectivity index (χ0v) is 16.6. The van der Waals surface area contributed by atoms with E-state index in [-0.39, 0.29) is 16.3 Å². The van der Waals surface area contributed by atoms with Gasteiger partial charge in [-0.15, -0.1) is 0 Å². The first-order valence-corrected chi connectivity index (χ1v) is 11.2. The van der Waals surface area contributed by atoms with E-state index >= 15 is 0 Å². The normalized spacial score (nSPS) is 12.7. The lowest BCUT2D eigenvalue weighted by Crippen LogP contribution is -2.26. The van der Waals surface area contributed by atoms with Crippen LogP contribution in [0.25, 0.3) is 10.9 Å². The molecule has 0 fully saturated rings. The largest absolute Gasteiger partial charge is 0.361 e. The molecule has 3 aromatic rings. The minimum absolute atomic E-state index is 0.0270. The highest BCUT2D eigenvalue weighted by Crippen LogP contribution is 2.19. The van der Waals surface area contributed by atoms with Crippen molar-refractivity contribution in [2.75, 3.05) is 20.6 Å². The van der Waals surface area contributed by atoms with Gasteiger partial charge in [-0.05, 0) is 42.3 Å². The number of hydrogen-bond acceptors (Lipinski definition) is 4. The summed E-state index contributed by atoms with van der Waals surface area (Å²) in [6.07, 6.45) is 2.41. The highest BCUT2D eigenvalue weighted by Gasteiger charge is 2.19. The Hall–Kier alpha value is -2.20. The molecule has 0 amide bonds. The summed E-state index contributed by atoms with van der Waals surface area (Å²) in [4.78, 5) is 3.23. The molecule has 27 heavy (non-hydrogen) atoms. The van der Waals surface area contributed by atoms with Gasteiger partial charge in [0.05, 0.1) is 9.79 Å². The smallest absolute Gasteiger partial charge is 0.242 e. The van der Waals surface area contributed by atoms with E-state index in [1.54, 1.807) is 0 Å². The number of nitrogens with one attached hydrogen (secondary N) is 2. The highest BCUT2D eigenvalue weighted by molar-refractivity contribution is 7.89. The number of para-hydroxylation sites is 1. The van der Waals surface area contributed by atoms with Crippen LogP contribution in [0, 0.1) is 0 Å². The molecule has 0 bridgehead atoms. The molecule has 0 aliphatic carbocycles. The molecule has 0 saturated carbocycles. The SMILES string of the molecule is CN(C)S(=O)(=O)c1ccc(S(=O)(=O)NCCc2c[nH]c3ccccc23)cc1. The molecule has 0 spiro atoms. The van der Waals surface area contributed by atoms with Gasteiger partial charge in [-0.3, -0.25) is 0 Å². The van der Waals surface area contributed by atoms with E-state index < -0.39 is 20.0 Å². The average Bonchev–Trinajstić information content (AvgIpc) is 3.05. The number of nitrogens with zero attached hydrogens (tertiary/aromatic N) is 1. The lowest BCUT2D eigenvalue weighted by molar-refractivity contribution is 0.520. The van der Waals surface area contributed by atoms with Crippen LogP contribution in [0.4, 0.5) is 0 Å². The van der Waals surface area contributed by atoms with Gasteiger partial charge in [0.1, 0.15) is 0 Å². The number of benzene rings is 2. The van der Waals surface area contributed by atoms with E-state index in [0.29, 0.717) is 6.42 Å². The first-order valence-electron chi connectivity index (χ1n) is 8.29. The molecule has 2 N–H and O–H groups in total. The van der Waals surface area contributed by atoms with Gasteiger partial charge in [0.15, 0.2) is 0 Å². The first-order chi connectivity index (χ1) is 12.7. The Kier molecular flexibility index (Phi) is 5.38. The van der Waals surface area contributed by atoms with Gasteiger partial charge in [-0.2, -0.15) is 0 Å². The van der Waals surface area contributed by atoms with Gasteiger partial charge in [-0.1, -0.05) is 18.2 Å². The predicted octanol–water partition coefficient (Wildman–Crippen LogP) is 1.94. The van der Waals surface area contributed by atoms with E-state index in [2.05, 4.69) is 9.71 Å². The fourth-order valence-electron chi connectivity index (χ4n) is 2.74. The molecule has 0 unspecified atom stereocenters. The van der Waals surface area contributed by atoms with Crippen molar-refractivity contribution in [2.24, 2.45) is 0 Å². The summed E-state index contributed by atoms with van der Waals surface area (Å²) in [5.74, 6) is 0. The fraction of sp³-hybridized carbons (Fsp3) is 0.222. The van der Waals surface area contributed by atoms with Crippen LogP contribution < -0.4 is 4.72 Å². The second-order valence-electron chi connectivity index (χ2n) is 6.27. The van der Waals surface area contributed by atoms with Gasteiger partial charge >= 0.3 is 0 Å². The van der Waals surface area contributed by atoms with Crippen LogP contribution in [0.2, 0.25) is 0 Å². The van der Waals surface area contributed by atoms with Crippen molar-refractivity contribution in [3.63, 3.8) is 0 Å². The zero-order chi connectivity index (χ0) is 19.7. The summed E-state index contributed by atoms with van der Waals surface area (Å²) in [6.45, 7) is 0.238. The molecule has 3 rings (SSSR count). The maximum atomic E-state index is 12.4. The summed E-state index contributed by atoms with van der Waals surface area (Å²) in [6, 6.07) is 13.0. The zero-order valence-electron chi connectivity index (χ0n) is 15.0. The third-order valence-corrected chi connectivity index (χ3v) is 7.58. The first kappa shape index (κ1) is 19.6. The minimum atomic E-state index is -3.72. The van der Waals surface area contributed by atoms with Crippen LogP contribution in [-0.2, 0) is 26.5 Å². The van der Waals surface area contributed by atoms with Gasteiger partial charge < -0.3 is 4.98 Å². The quantitative estimate of drug-likeness (QED) is 0.625. The van der Waals surface area contributed by atoms with Crippen molar-refractivity contribution >= 4 is 30.9 Å². The Balaban J connectivity index is 1.70. The van der Waals surface area contributed by atoms with E-state index in [4.69, 9.17) is 0 Å². The molecular formula is C18H21N3O4S2. The molecule has 9 heteroatoms. The summed E-state index contributed by atoms with van der Waals surface area (Å²) in [5, 5.41) is 1.06. The van der Waals surface area contributed by atoms with Crippen LogP contribution in [-0.4, -0.2) is 46.8 Å². The van der Waals surface area contributed by atoms with E-state index in [0.717, 1.165) is 20.8 Å². The van der Waals surface area contributed by atoms with Crippen LogP contribution >= 0.6 is 0 Å². The summed E-state index contributed by atoms with van der Waals surface area (Å²) < 4.78 is 52.6. The highest BCUT2D eigenvalue weighted by atomic mass is 32.2. The molecular weight excluding hydrogens is 386 g/mol. The molecule has 0 radical (unpaired) electrons. The molecule has 0 saturated heterocycles. The number of aromatic amines is 1. The van der Waals surface area contributed by atoms with E-state index in [1.807, 2.05) is 30.5 Å². The maximum absolute atomic E-state index is 12.4. The molecule has 7 nitrogen and oxygen atoms in total. The van der Waals surface area contributed by atoms with Crippen molar-refractivity contribution in [3.8, 4) is 0 Å². The van der Waals surface area contributed by atoms with Crippen molar-refractivity contribution in [2.45, 2.75) is 16.2 Å². The molecule has 1 aromatic heterocycles. The van der Waals surface area contributed by atoms with Gasteiger partial charge in [0.2, 0.25) is 20.0 Å². The van der Waals surface area contributed by atoms with Crippen molar-refractivity contribution in [1.82, 2.24) is 14.0 Å². The van der Waals surface area contributed by atoms with Gasteiger partial charge in [-0.25, -0.2) is 25.9 Å². The Morgan fingerprint density at radius 3 is 2.22 bits per heavy atom. The van der Waals surface area contributed by atoms with Crippen LogP contribution in [0.5, 0.6) is 0 Å². The Labute approximate surface area is 159 Å².